The number of halogens is 1. The molecule has 1 amide bonds. The van der Waals surface area contributed by atoms with E-state index < -0.39 is 0 Å². The predicted octanol–water partition coefficient (Wildman–Crippen LogP) is 5.19. The molecule has 0 bridgehead atoms. The normalized spacial score (nSPS) is 13.8. The fourth-order valence-electron chi connectivity index (χ4n) is 3.20. The number of nitrogens with one attached hydrogen (secondary N) is 1. The summed E-state index contributed by atoms with van der Waals surface area (Å²) >= 11 is 5.89. The molecule has 0 heterocycles. The Kier molecular flexibility index (Phi) is 6.24. The number of benzene rings is 2. The molecule has 1 aliphatic carbocycles. The lowest BCUT2D eigenvalue weighted by molar-refractivity contribution is 0.0942. The van der Waals surface area contributed by atoms with Crippen LogP contribution in [0.25, 0.3) is 0 Å². The van der Waals surface area contributed by atoms with Gasteiger partial charge >= 0.3 is 0 Å². The molecule has 134 valence electrons. The molecule has 0 spiro atoms. The maximum Gasteiger partial charge on any atom is 0.252 e. The largest absolute Gasteiger partial charge is 0.352 e. The minimum Gasteiger partial charge on any atom is -0.352 e. The van der Waals surface area contributed by atoms with Crippen molar-refractivity contribution in [2.75, 3.05) is 6.54 Å². The molecule has 0 fully saturated rings. The van der Waals surface area contributed by atoms with E-state index in [4.69, 9.17) is 11.6 Å². The Balaban J connectivity index is 1.69. The summed E-state index contributed by atoms with van der Waals surface area (Å²) < 4.78 is 0. The van der Waals surface area contributed by atoms with Crippen LogP contribution in [0.5, 0.6) is 0 Å². The number of hydrogen-bond donors (Lipinski definition) is 1. The van der Waals surface area contributed by atoms with Gasteiger partial charge in [-0.05, 0) is 62.4 Å². The molecule has 0 radical (unpaired) electrons. The van der Waals surface area contributed by atoms with Crippen molar-refractivity contribution in [3.05, 3.63) is 81.9 Å². The molecule has 26 heavy (non-hydrogen) atoms. The van der Waals surface area contributed by atoms with Crippen LogP contribution in [-0.4, -0.2) is 18.2 Å². The minimum atomic E-state index is -0.209. The molecule has 0 saturated heterocycles. The van der Waals surface area contributed by atoms with Crippen LogP contribution in [0.15, 0.2) is 60.2 Å². The maximum absolute atomic E-state index is 12.8. The van der Waals surface area contributed by atoms with E-state index in [-0.39, 0.29) is 11.7 Å². The van der Waals surface area contributed by atoms with Gasteiger partial charge in [0.15, 0.2) is 5.78 Å². The summed E-state index contributed by atoms with van der Waals surface area (Å²) in [5.41, 5.74) is 2.75. The Labute approximate surface area is 159 Å². The summed E-state index contributed by atoms with van der Waals surface area (Å²) in [5, 5.41) is 3.52. The lowest BCUT2D eigenvalue weighted by Crippen LogP contribution is -2.26. The molecular formula is C22H22ClNO2. The van der Waals surface area contributed by atoms with E-state index in [0.717, 1.165) is 19.3 Å². The van der Waals surface area contributed by atoms with Gasteiger partial charge in [0.2, 0.25) is 0 Å². The third-order valence-electron chi connectivity index (χ3n) is 4.64. The fourth-order valence-corrected chi connectivity index (χ4v) is 3.33. The smallest absolute Gasteiger partial charge is 0.252 e. The van der Waals surface area contributed by atoms with Crippen LogP contribution in [0.4, 0.5) is 0 Å². The fraction of sp³-hybridized carbons (Fsp3) is 0.273. The first kappa shape index (κ1) is 18.4. The lowest BCUT2D eigenvalue weighted by atomic mass is 9.96. The highest BCUT2D eigenvalue weighted by Gasteiger charge is 2.18. The van der Waals surface area contributed by atoms with Crippen molar-refractivity contribution < 1.29 is 9.59 Å². The number of hydrogen-bond acceptors (Lipinski definition) is 2. The van der Waals surface area contributed by atoms with Crippen LogP contribution in [-0.2, 0) is 0 Å². The van der Waals surface area contributed by atoms with Crippen molar-refractivity contribution in [1.29, 1.82) is 0 Å². The number of ketones is 1. The van der Waals surface area contributed by atoms with Gasteiger partial charge in [0.05, 0.1) is 5.56 Å². The van der Waals surface area contributed by atoms with Gasteiger partial charge in [-0.3, -0.25) is 9.59 Å². The quantitative estimate of drug-likeness (QED) is 0.564. The van der Waals surface area contributed by atoms with Crippen molar-refractivity contribution in [2.45, 2.75) is 32.1 Å². The van der Waals surface area contributed by atoms with Crippen molar-refractivity contribution in [1.82, 2.24) is 5.32 Å². The molecule has 2 aromatic carbocycles. The Morgan fingerprint density at radius 3 is 2.38 bits per heavy atom. The molecule has 0 aliphatic heterocycles. The molecule has 1 N–H and O–H groups in total. The lowest BCUT2D eigenvalue weighted by Gasteiger charge is -2.14. The van der Waals surface area contributed by atoms with Crippen molar-refractivity contribution in [2.24, 2.45) is 0 Å². The molecule has 3 rings (SSSR count). The van der Waals surface area contributed by atoms with Gasteiger partial charge in [0, 0.05) is 22.7 Å². The van der Waals surface area contributed by atoms with Gasteiger partial charge in [-0.1, -0.05) is 41.4 Å². The van der Waals surface area contributed by atoms with Gasteiger partial charge in [0.1, 0.15) is 0 Å². The molecule has 2 aromatic rings. The zero-order valence-electron chi connectivity index (χ0n) is 14.6. The standard InChI is InChI=1S/C22H22ClNO2/c23-18-12-10-17(11-13-18)21(25)19-8-4-5-9-20(19)22(26)24-15-14-16-6-2-1-3-7-16/h4-6,8-13H,1-3,7,14-15H2,(H,24,26). The molecular weight excluding hydrogens is 346 g/mol. The van der Waals surface area contributed by atoms with Crippen LogP contribution in [0.2, 0.25) is 5.02 Å². The molecule has 0 atom stereocenters. The summed E-state index contributed by atoms with van der Waals surface area (Å²) in [7, 11) is 0. The molecule has 0 aromatic heterocycles. The van der Waals surface area contributed by atoms with E-state index in [9.17, 15) is 9.59 Å². The van der Waals surface area contributed by atoms with Crippen LogP contribution >= 0.6 is 11.6 Å². The van der Waals surface area contributed by atoms with E-state index >= 15 is 0 Å². The highest BCUT2D eigenvalue weighted by atomic mass is 35.5. The van der Waals surface area contributed by atoms with Gasteiger partial charge < -0.3 is 5.32 Å². The van der Waals surface area contributed by atoms with Crippen LogP contribution in [0.3, 0.4) is 0 Å². The van der Waals surface area contributed by atoms with E-state index in [0.29, 0.717) is 28.3 Å². The average molecular weight is 368 g/mol. The first-order valence-electron chi connectivity index (χ1n) is 9.00. The summed E-state index contributed by atoms with van der Waals surface area (Å²) in [5.74, 6) is -0.387. The Morgan fingerprint density at radius 1 is 0.962 bits per heavy atom. The number of carbonyl (C=O) groups excluding carboxylic acids is 2. The van der Waals surface area contributed by atoms with E-state index in [2.05, 4.69) is 11.4 Å². The minimum absolute atomic E-state index is 0.178. The highest BCUT2D eigenvalue weighted by molar-refractivity contribution is 6.30. The monoisotopic (exact) mass is 367 g/mol. The van der Waals surface area contributed by atoms with E-state index in [1.165, 1.54) is 18.4 Å². The topological polar surface area (TPSA) is 46.2 Å². The Morgan fingerprint density at radius 2 is 1.69 bits per heavy atom. The number of allylic oxidation sites excluding steroid dienone is 1. The highest BCUT2D eigenvalue weighted by Crippen LogP contribution is 2.20. The van der Waals surface area contributed by atoms with Crippen molar-refractivity contribution in [3.63, 3.8) is 0 Å². The van der Waals surface area contributed by atoms with Gasteiger partial charge in [0.25, 0.3) is 5.91 Å². The molecule has 1 aliphatic rings. The van der Waals surface area contributed by atoms with Crippen molar-refractivity contribution >= 4 is 23.3 Å². The predicted molar refractivity (Wildman–Crippen MR) is 105 cm³/mol. The first-order chi connectivity index (χ1) is 12.6. The van der Waals surface area contributed by atoms with Crippen molar-refractivity contribution in [3.8, 4) is 0 Å². The first-order valence-corrected chi connectivity index (χ1v) is 9.38. The van der Waals surface area contributed by atoms with Crippen LogP contribution < -0.4 is 5.32 Å². The average Bonchev–Trinajstić information content (AvgIpc) is 2.69. The second-order valence-corrected chi connectivity index (χ2v) is 6.93. The van der Waals surface area contributed by atoms with Crippen LogP contribution in [0.1, 0.15) is 58.4 Å². The number of carbonyl (C=O) groups is 2. The SMILES string of the molecule is O=C(NCCC1=CCCCC1)c1ccccc1C(=O)c1ccc(Cl)cc1. The summed E-state index contributed by atoms with van der Waals surface area (Å²) in [6, 6.07) is 13.6. The molecule has 0 saturated carbocycles. The Hall–Kier alpha value is -2.39. The van der Waals surface area contributed by atoms with Gasteiger partial charge in [-0.15, -0.1) is 0 Å². The molecule has 4 heteroatoms. The van der Waals surface area contributed by atoms with E-state index in [1.807, 2.05) is 0 Å². The number of rotatable bonds is 6. The Bertz CT molecular complexity index is 824. The number of amides is 1. The van der Waals surface area contributed by atoms with Crippen LogP contribution in [0, 0.1) is 0 Å². The molecule has 0 unspecified atom stereocenters. The molecule has 3 nitrogen and oxygen atoms in total. The van der Waals surface area contributed by atoms with E-state index in [1.54, 1.807) is 48.5 Å². The van der Waals surface area contributed by atoms with Gasteiger partial charge in [-0.2, -0.15) is 0 Å². The third-order valence-corrected chi connectivity index (χ3v) is 4.89. The van der Waals surface area contributed by atoms with Gasteiger partial charge in [-0.25, -0.2) is 0 Å². The second-order valence-electron chi connectivity index (χ2n) is 6.50. The maximum atomic E-state index is 12.8. The summed E-state index contributed by atoms with van der Waals surface area (Å²) in [6.45, 7) is 0.591. The zero-order valence-corrected chi connectivity index (χ0v) is 15.4. The third kappa shape index (κ3) is 4.61. The summed E-state index contributed by atoms with van der Waals surface area (Å²) in [6.07, 6.45) is 7.92. The summed E-state index contributed by atoms with van der Waals surface area (Å²) in [4.78, 5) is 25.4. The zero-order chi connectivity index (χ0) is 18.4. The second kappa shape index (κ2) is 8.81.